The van der Waals surface area contributed by atoms with Gasteiger partial charge < -0.3 is 4.57 Å². The van der Waals surface area contributed by atoms with Gasteiger partial charge in [-0.15, -0.1) is 0 Å². The Hall–Kier alpha value is -1.83. The van der Waals surface area contributed by atoms with E-state index in [-0.39, 0.29) is 4.70 Å². The zero-order chi connectivity index (χ0) is 9.54. The molecule has 76 valence electrons. The van der Waals surface area contributed by atoms with E-state index in [1.807, 2.05) is 0 Å². The molecule has 0 amide bonds. The number of fused-ring (bicyclic) bond motifs is 3. The third kappa shape index (κ3) is 1.22. The lowest BCUT2D eigenvalue weighted by molar-refractivity contribution is 1.01. The Bertz CT molecular complexity index is 557. The predicted octanol–water partition coefficient (Wildman–Crippen LogP) is 3.48. The molecule has 0 N–H and O–H groups in total. The number of hydrogen-bond acceptors (Lipinski definition) is 0. The van der Waals surface area contributed by atoms with Crippen molar-refractivity contribution < 1.29 is 4.70 Å². The molecule has 3 aromatic rings. The fraction of sp³-hybridized carbons (Fsp3) is 0.0769. The smallest absolute Gasteiger partial charge is 0.0488 e. The van der Waals surface area contributed by atoms with Crippen molar-refractivity contribution in [2.45, 2.75) is 0 Å². The van der Waals surface area contributed by atoms with Gasteiger partial charge in [-0.1, -0.05) is 36.4 Å². The number of aryl methyl sites for hydroxylation is 1. The highest BCUT2D eigenvalue weighted by atomic mass is 19.0. The monoisotopic (exact) mass is 201 g/mol. The number of aromatic nitrogens is 1. The van der Waals surface area contributed by atoms with Gasteiger partial charge in [0.1, 0.15) is 0 Å². The van der Waals surface area contributed by atoms with Crippen LogP contribution in [0.2, 0.25) is 0 Å². The molecule has 0 fully saturated rings. The summed E-state index contributed by atoms with van der Waals surface area (Å²) in [5.74, 6) is 0. The summed E-state index contributed by atoms with van der Waals surface area (Å²) < 4.78 is 2.24. The Morgan fingerprint density at radius 1 is 0.733 bits per heavy atom. The first kappa shape index (κ1) is 9.71. The quantitative estimate of drug-likeness (QED) is 0.524. The highest BCUT2D eigenvalue weighted by Crippen LogP contribution is 2.26. The van der Waals surface area contributed by atoms with Crippen molar-refractivity contribution in [3.63, 3.8) is 0 Å². The van der Waals surface area contributed by atoms with Gasteiger partial charge in [-0.3, -0.25) is 4.70 Å². The standard InChI is InChI=1S/C13H11N.FH/c1-14-12-8-4-2-6-10(12)11-7-3-5-9-13(11)14;/h2-9H,1H3;1H. The van der Waals surface area contributed by atoms with Gasteiger partial charge in [0.2, 0.25) is 0 Å². The Balaban J connectivity index is 0.000000853. The van der Waals surface area contributed by atoms with Gasteiger partial charge in [-0.05, 0) is 12.1 Å². The van der Waals surface area contributed by atoms with E-state index in [1.54, 1.807) is 0 Å². The van der Waals surface area contributed by atoms with Crippen LogP contribution in [0.1, 0.15) is 0 Å². The highest BCUT2D eigenvalue weighted by molar-refractivity contribution is 6.07. The molecular weight excluding hydrogens is 189 g/mol. The van der Waals surface area contributed by atoms with E-state index in [9.17, 15) is 0 Å². The Kier molecular flexibility index (Phi) is 2.19. The van der Waals surface area contributed by atoms with E-state index in [2.05, 4.69) is 60.1 Å². The molecule has 0 atom stereocenters. The minimum absolute atomic E-state index is 0. The van der Waals surface area contributed by atoms with Crippen LogP contribution in [0, 0.1) is 0 Å². The van der Waals surface area contributed by atoms with Gasteiger partial charge >= 0.3 is 0 Å². The maximum atomic E-state index is 2.24. The molecule has 0 saturated carbocycles. The van der Waals surface area contributed by atoms with Gasteiger partial charge in [0.05, 0.1) is 0 Å². The van der Waals surface area contributed by atoms with E-state index in [0.717, 1.165) is 0 Å². The van der Waals surface area contributed by atoms with Crippen molar-refractivity contribution in [2.24, 2.45) is 7.05 Å². The molecule has 0 radical (unpaired) electrons. The molecule has 1 aromatic heterocycles. The van der Waals surface area contributed by atoms with Crippen LogP contribution in [0.5, 0.6) is 0 Å². The van der Waals surface area contributed by atoms with Crippen LogP contribution < -0.4 is 0 Å². The van der Waals surface area contributed by atoms with E-state index in [4.69, 9.17) is 0 Å². The third-order valence-corrected chi connectivity index (χ3v) is 2.82. The maximum absolute atomic E-state index is 2.24. The van der Waals surface area contributed by atoms with E-state index >= 15 is 0 Å². The molecular formula is C13H12FN. The summed E-state index contributed by atoms with van der Waals surface area (Å²) in [4.78, 5) is 0. The summed E-state index contributed by atoms with van der Waals surface area (Å²) in [6.45, 7) is 0. The molecule has 15 heavy (non-hydrogen) atoms. The molecule has 0 saturated heterocycles. The molecule has 0 aliphatic carbocycles. The average Bonchev–Trinajstić information content (AvgIpc) is 2.55. The fourth-order valence-electron chi connectivity index (χ4n) is 2.12. The van der Waals surface area contributed by atoms with Crippen molar-refractivity contribution in [3.05, 3.63) is 48.5 Å². The number of para-hydroxylation sites is 2. The summed E-state index contributed by atoms with van der Waals surface area (Å²) in [6.07, 6.45) is 0. The van der Waals surface area contributed by atoms with Gasteiger partial charge in [0.15, 0.2) is 0 Å². The van der Waals surface area contributed by atoms with E-state index < -0.39 is 0 Å². The van der Waals surface area contributed by atoms with Crippen molar-refractivity contribution in [3.8, 4) is 0 Å². The number of halogens is 1. The van der Waals surface area contributed by atoms with Crippen LogP contribution in [0.25, 0.3) is 21.8 Å². The molecule has 0 aliphatic heterocycles. The van der Waals surface area contributed by atoms with Crippen LogP contribution in [-0.2, 0) is 7.05 Å². The topological polar surface area (TPSA) is 4.93 Å². The van der Waals surface area contributed by atoms with Crippen molar-refractivity contribution in [2.75, 3.05) is 0 Å². The minimum atomic E-state index is 0. The molecule has 1 heterocycles. The van der Waals surface area contributed by atoms with Crippen LogP contribution in [-0.4, -0.2) is 4.57 Å². The third-order valence-electron chi connectivity index (χ3n) is 2.82. The minimum Gasteiger partial charge on any atom is -0.344 e. The lowest BCUT2D eigenvalue weighted by atomic mass is 10.2. The number of rotatable bonds is 0. The van der Waals surface area contributed by atoms with Gasteiger partial charge in [-0.25, -0.2) is 0 Å². The fourth-order valence-corrected chi connectivity index (χ4v) is 2.12. The normalized spacial score (nSPS) is 10.5. The van der Waals surface area contributed by atoms with E-state index in [0.29, 0.717) is 0 Å². The summed E-state index contributed by atoms with van der Waals surface area (Å²) in [5.41, 5.74) is 2.60. The first-order chi connectivity index (χ1) is 6.88. The van der Waals surface area contributed by atoms with E-state index in [1.165, 1.54) is 21.8 Å². The summed E-state index contributed by atoms with van der Waals surface area (Å²) >= 11 is 0. The van der Waals surface area contributed by atoms with Crippen LogP contribution in [0.4, 0.5) is 4.70 Å². The van der Waals surface area contributed by atoms with Crippen LogP contribution >= 0.6 is 0 Å². The zero-order valence-electron chi connectivity index (χ0n) is 8.47. The first-order valence-electron chi connectivity index (χ1n) is 4.80. The van der Waals surface area contributed by atoms with Crippen molar-refractivity contribution in [1.82, 2.24) is 4.57 Å². The molecule has 3 rings (SSSR count). The molecule has 0 bridgehead atoms. The maximum Gasteiger partial charge on any atom is 0.0488 e. The predicted molar refractivity (Wildman–Crippen MR) is 62.9 cm³/mol. The Morgan fingerprint density at radius 2 is 1.13 bits per heavy atom. The Labute approximate surface area is 87.3 Å². The average molecular weight is 201 g/mol. The molecule has 2 aromatic carbocycles. The SMILES string of the molecule is Cn1c2ccccc2c2ccccc21.F. The highest BCUT2D eigenvalue weighted by Gasteiger charge is 2.04. The number of hydrogen-bond donors (Lipinski definition) is 0. The summed E-state index contributed by atoms with van der Waals surface area (Å²) in [7, 11) is 2.12. The zero-order valence-corrected chi connectivity index (χ0v) is 8.47. The van der Waals surface area contributed by atoms with Gasteiger partial charge in [0.25, 0.3) is 0 Å². The van der Waals surface area contributed by atoms with Crippen LogP contribution in [0.15, 0.2) is 48.5 Å². The van der Waals surface area contributed by atoms with Gasteiger partial charge in [0, 0.05) is 28.9 Å². The largest absolute Gasteiger partial charge is 0.344 e. The molecule has 0 spiro atoms. The second-order valence-electron chi connectivity index (χ2n) is 3.59. The van der Waals surface area contributed by atoms with Crippen molar-refractivity contribution in [1.29, 1.82) is 0 Å². The lowest BCUT2D eigenvalue weighted by Crippen LogP contribution is -1.84. The summed E-state index contributed by atoms with van der Waals surface area (Å²) in [5, 5.41) is 2.68. The lowest BCUT2D eigenvalue weighted by Gasteiger charge is -1.95. The summed E-state index contributed by atoms with van der Waals surface area (Å²) in [6, 6.07) is 17.0. The number of benzene rings is 2. The molecule has 0 aliphatic rings. The second-order valence-corrected chi connectivity index (χ2v) is 3.59. The number of nitrogens with zero attached hydrogens (tertiary/aromatic N) is 1. The molecule has 1 nitrogen and oxygen atoms in total. The van der Waals surface area contributed by atoms with Gasteiger partial charge in [-0.2, -0.15) is 0 Å². The van der Waals surface area contributed by atoms with Crippen molar-refractivity contribution >= 4 is 21.8 Å². The molecule has 2 heteroatoms. The molecule has 0 unspecified atom stereocenters. The second kappa shape index (κ2) is 3.39. The first-order valence-corrected chi connectivity index (χ1v) is 4.80. The van der Waals surface area contributed by atoms with Crippen LogP contribution in [0.3, 0.4) is 0 Å². The Morgan fingerprint density at radius 3 is 1.60 bits per heavy atom.